The zero-order chi connectivity index (χ0) is 17.6. The first-order valence-electron chi connectivity index (χ1n) is 9.12. The van der Waals surface area contributed by atoms with Crippen molar-refractivity contribution >= 4 is 0 Å². The van der Waals surface area contributed by atoms with Crippen molar-refractivity contribution in [1.82, 2.24) is 20.0 Å². The molecule has 136 valence electrons. The van der Waals surface area contributed by atoms with Crippen LogP contribution in [0.5, 0.6) is 0 Å². The highest BCUT2D eigenvalue weighted by Crippen LogP contribution is 2.24. The van der Waals surface area contributed by atoms with Crippen molar-refractivity contribution in [2.45, 2.75) is 26.8 Å². The first kappa shape index (κ1) is 18.0. The normalized spacial score (nSPS) is 17.7. The zero-order valence-electron chi connectivity index (χ0n) is 15.4. The molecule has 0 bridgehead atoms. The average molecular weight is 344 g/mol. The van der Waals surface area contributed by atoms with Crippen molar-refractivity contribution in [2.75, 3.05) is 45.9 Å². The summed E-state index contributed by atoms with van der Waals surface area (Å²) in [7, 11) is 0. The van der Waals surface area contributed by atoms with Crippen LogP contribution in [-0.4, -0.2) is 65.9 Å². The lowest BCUT2D eigenvalue weighted by molar-refractivity contribution is 0.0622. The number of hydrogen-bond donors (Lipinski definition) is 0. The van der Waals surface area contributed by atoms with E-state index >= 15 is 0 Å². The van der Waals surface area contributed by atoms with Gasteiger partial charge < -0.3 is 9.15 Å². The third-order valence-electron chi connectivity index (χ3n) is 4.81. The lowest BCUT2D eigenvalue weighted by Crippen LogP contribution is -2.48. The zero-order valence-corrected chi connectivity index (χ0v) is 15.4. The maximum Gasteiger partial charge on any atom is 0.247 e. The number of nitrogens with zero attached hydrogens (tertiary/aromatic N) is 4. The molecule has 0 unspecified atom stereocenters. The van der Waals surface area contributed by atoms with Gasteiger partial charge in [-0.25, -0.2) is 0 Å². The Bertz CT molecular complexity index is 648. The summed E-state index contributed by atoms with van der Waals surface area (Å²) < 4.78 is 11.4. The van der Waals surface area contributed by atoms with E-state index in [4.69, 9.17) is 9.15 Å². The first-order valence-corrected chi connectivity index (χ1v) is 9.12. The number of rotatable bonds is 7. The van der Waals surface area contributed by atoms with Crippen LogP contribution in [0.3, 0.4) is 0 Å². The predicted octanol–water partition coefficient (Wildman–Crippen LogP) is 2.76. The van der Waals surface area contributed by atoms with E-state index in [0.29, 0.717) is 11.8 Å². The molecular formula is C19H28N4O2. The van der Waals surface area contributed by atoms with Gasteiger partial charge in [-0.15, -0.1) is 10.2 Å². The summed E-state index contributed by atoms with van der Waals surface area (Å²) in [6, 6.07) is 8.30. The Labute approximate surface area is 149 Å². The number of ether oxygens (including phenoxy) is 1. The maximum atomic E-state index is 5.93. The summed E-state index contributed by atoms with van der Waals surface area (Å²) >= 11 is 0. The second-order valence-electron chi connectivity index (χ2n) is 6.56. The van der Waals surface area contributed by atoms with Crippen molar-refractivity contribution in [1.29, 1.82) is 0 Å². The van der Waals surface area contributed by atoms with E-state index in [1.54, 1.807) is 0 Å². The van der Waals surface area contributed by atoms with Gasteiger partial charge in [0.05, 0.1) is 12.6 Å². The van der Waals surface area contributed by atoms with E-state index < -0.39 is 0 Å². The van der Waals surface area contributed by atoms with E-state index in [-0.39, 0.29) is 6.04 Å². The minimum atomic E-state index is 0.140. The van der Waals surface area contributed by atoms with Crippen LogP contribution >= 0.6 is 0 Å². The third kappa shape index (κ3) is 4.66. The van der Waals surface area contributed by atoms with Gasteiger partial charge >= 0.3 is 0 Å². The van der Waals surface area contributed by atoms with Gasteiger partial charge in [0.2, 0.25) is 11.8 Å². The molecule has 2 aromatic rings. The molecule has 0 amide bonds. The molecule has 1 fully saturated rings. The monoisotopic (exact) mass is 344 g/mol. The SMILES string of the molecule is CCOCCN1CCN([C@H](C)c2nnc(-c3ccc(C)cc3)o2)CC1. The molecule has 1 atom stereocenters. The number of hydrogen-bond acceptors (Lipinski definition) is 6. The largest absolute Gasteiger partial charge is 0.419 e. The van der Waals surface area contributed by atoms with Crippen LogP contribution in [0.15, 0.2) is 28.7 Å². The van der Waals surface area contributed by atoms with Gasteiger partial charge in [0.15, 0.2) is 0 Å². The Balaban J connectivity index is 1.55. The lowest BCUT2D eigenvalue weighted by atomic mass is 10.1. The smallest absolute Gasteiger partial charge is 0.247 e. The second kappa shape index (κ2) is 8.56. The Morgan fingerprint density at radius 3 is 2.52 bits per heavy atom. The minimum Gasteiger partial charge on any atom is -0.419 e. The molecule has 6 nitrogen and oxygen atoms in total. The fraction of sp³-hybridized carbons (Fsp3) is 0.579. The quantitative estimate of drug-likeness (QED) is 0.720. The molecule has 6 heteroatoms. The standard InChI is InChI=1S/C19H28N4O2/c1-4-24-14-13-22-9-11-23(12-10-22)16(3)18-20-21-19(25-18)17-7-5-15(2)6-8-17/h5-8,16H,4,9-14H2,1-3H3/t16-/m1/s1. The molecule has 0 saturated carbocycles. The van der Waals surface area contributed by atoms with Crippen molar-refractivity contribution in [3.05, 3.63) is 35.7 Å². The average Bonchev–Trinajstić information content (AvgIpc) is 3.13. The van der Waals surface area contributed by atoms with Crippen LogP contribution < -0.4 is 0 Å². The first-order chi connectivity index (χ1) is 12.2. The number of piperazine rings is 1. The highest BCUT2D eigenvalue weighted by Gasteiger charge is 2.25. The molecule has 3 rings (SSSR count). The van der Waals surface area contributed by atoms with Gasteiger partial charge in [-0.05, 0) is 32.9 Å². The summed E-state index contributed by atoms with van der Waals surface area (Å²) in [5.41, 5.74) is 2.19. The summed E-state index contributed by atoms with van der Waals surface area (Å²) in [6.45, 7) is 13.0. The van der Waals surface area contributed by atoms with Crippen LogP contribution in [0, 0.1) is 6.92 Å². The molecule has 0 spiro atoms. The molecule has 0 radical (unpaired) electrons. The molecule has 1 aliphatic heterocycles. The molecule has 1 saturated heterocycles. The van der Waals surface area contributed by atoms with Crippen molar-refractivity contribution < 1.29 is 9.15 Å². The van der Waals surface area contributed by atoms with Gasteiger partial charge in [0.25, 0.3) is 0 Å². The summed E-state index contributed by atoms with van der Waals surface area (Å²) in [5.74, 6) is 1.29. The maximum absolute atomic E-state index is 5.93. The van der Waals surface area contributed by atoms with E-state index in [2.05, 4.69) is 46.0 Å². The predicted molar refractivity (Wildman–Crippen MR) is 97.4 cm³/mol. The molecule has 0 N–H and O–H groups in total. The third-order valence-corrected chi connectivity index (χ3v) is 4.81. The van der Waals surface area contributed by atoms with Gasteiger partial charge in [-0.1, -0.05) is 17.7 Å². The number of aryl methyl sites for hydroxylation is 1. The number of aromatic nitrogens is 2. The summed E-state index contributed by atoms with van der Waals surface area (Å²) in [4.78, 5) is 4.86. The molecule has 25 heavy (non-hydrogen) atoms. The van der Waals surface area contributed by atoms with Crippen LogP contribution in [-0.2, 0) is 4.74 Å². The molecule has 1 aromatic heterocycles. The van der Waals surface area contributed by atoms with Crippen LogP contribution in [0.4, 0.5) is 0 Å². The highest BCUT2D eigenvalue weighted by atomic mass is 16.5. The van der Waals surface area contributed by atoms with E-state index in [1.165, 1.54) is 5.56 Å². The molecular weight excluding hydrogens is 316 g/mol. The second-order valence-corrected chi connectivity index (χ2v) is 6.56. The van der Waals surface area contributed by atoms with E-state index in [0.717, 1.165) is 51.5 Å². The van der Waals surface area contributed by atoms with Gasteiger partial charge in [0, 0.05) is 44.9 Å². The molecule has 1 aliphatic rings. The van der Waals surface area contributed by atoms with Crippen molar-refractivity contribution in [3.8, 4) is 11.5 Å². The molecule has 1 aromatic carbocycles. The summed E-state index contributed by atoms with van der Waals surface area (Å²) in [5, 5.41) is 8.50. The topological polar surface area (TPSA) is 54.6 Å². The fourth-order valence-corrected chi connectivity index (χ4v) is 3.08. The van der Waals surface area contributed by atoms with Crippen molar-refractivity contribution in [2.24, 2.45) is 0 Å². The fourth-order valence-electron chi connectivity index (χ4n) is 3.08. The molecule has 0 aliphatic carbocycles. The lowest BCUT2D eigenvalue weighted by Gasteiger charge is -2.36. The number of benzene rings is 1. The Kier molecular flexibility index (Phi) is 6.18. The highest BCUT2D eigenvalue weighted by molar-refractivity contribution is 5.52. The Morgan fingerprint density at radius 1 is 1.12 bits per heavy atom. The Hall–Kier alpha value is -1.76. The minimum absolute atomic E-state index is 0.140. The van der Waals surface area contributed by atoms with Crippen LogP contribution in [0.2, 0.25) is 0 Å². The van der Waals surface area contributed by atoms with E-state index in [9.17, 15) is 0 Å². The van der Waals surface area contributed by atoms with Gasteiger partial charge in [-0.3, -0.25) is 9.80 Å². The Morgan fingerprint density at radius 2 is 1.84 bits per heavy atom. The van der Waals surface area contributed by atoms with Crippen LogP contribution in [0.25, 0.3) is 11.5 Å². The van der Waals surface area contributed by atoms with Crippen LogP contribution in [0.1, 0.15) is 31.3 Å². The van der Waals surface area contributed by atoms with E-state index in [1.807, 2.05) is 19.1 Å². The van der Waals surface area contributed by atoms with Gasteiger partial charge in [-0.2, -0.15) is 0 Å². The van der Waals surface area contributed by atoms with Crippen molar-refractivity contribution in [3.63, 3.8) is 0 Å². The summed E-state index contributed by atoms with van der Waals surface area (Å²) in [6.07, 6.45) is 0. The molecule has 2 heterocycles. The van der Waals surface area contributed by atoms with Gasteiger partial charge in [0.1, 0.15) is 0 Å².